The normalized spacial score (nSPS) is 11.3. The van der Waals surface area contributed by atoms with Gasteiger partial charge in [-0.3, -0.25) is 5.43 Å². The summed E-state index contributed by atoms with van der Waals surface area (Å²) >= 11 is 4.65. The third-order valence-corrected chi connectivity index (χ3v) is 4.86. The number of hydrazone groups is 1. The highest BCUT2D eigenvalue weighted by Crippen LogP contribution is 2.27. The SMILES string of the molecule is COc1ccc(C=NNC(N)=S)c(S(=O)(=O)c2ccccc2)c1. The lowest BCUT2D eigenvalue weighted by atomic mass is 10.2. The summed E-state index contributed by atoms with van der Waals surface area (Å²) in [7, 11) is -2.25. The highest BCUT2D eigenvalue weighted by molar-refractivity contribution is 7.91. The summed E-state index contributed by atoms with van der Waals surface area (Å²) in [6, 6.07) is 12.8. The van der Waals surface area contributed by atoms with Gasteiger partial charge in [-0.15, -0.1) is 0 Å². The van der Waals surface area contributed by atoms with Crippen molar-refractivity contribution in [1.82, 2.24) is 5.43 Å². The van der Waals surface area contributed by atoms with E-state index in [1.54, 1.807) is 30.3 Å². The number of nitrogens with one attached hydrogen (secondary N) is 1. The van der Waals surface area contributed by atoms with Gasteiger partial charge in [0.1, 0.15) is 5.75 Å². The predicted molar refractivity (Wildman–Crippen MR) is 92.4 cm³/mol. The smallest absolute Gasteiger partial charge is 0.207 e. The highest BCUT2D eigenvalue weighted by Gasteiger charge is 2.21. The van der Waals surface area contributed by atoms with E-state index in [4.69, 9.17) is 10.5 Å². The lowest BCUT2D eigenvalue weighted by Crippen LogP contribution is -2.24. The second kappa shape index (κ2) is 7.21. The molecule has 2 aromatic carbocycles. The number of benzene rings is 2. The van der Waals surface area contributed by atoms with Gasteiger partial charge < -0.3 is 10.5 Å². The van der Waals surface area contributed by atoms with Gasteiger partial charge in [-0.05, 0) is 42.5 Å². The Kier molecular flexibility index (Phi) is 5.30. The number of nitrogens with zero attached hydrogens (tertiary/aromatic N) is 1. The Morgan fingerprint density at radius 3 is 2.57 bits per heavy atom. The second-order valence-electron chi connectivity index (χ2n) is 4.45. The van der Waals surface area contributed by atoms with Crippen molar-refractivity contribution in [1.29, 1.82) is 0 Å². The minimum Gasteiger partial charge on any atom is -0.497 e. The van der Waals surface area contributed by atoms with E-state index in [1.807, 2.05) is 0 Å². The first-order chi connectivity index (χ1) is 10.9. The Hall–Kier alpha value is -2.45. The molecule has 0 radical (unpaired) electrons. The van der Waals surface area contributed by atoms with E-state index in [0.29, 0.717) is 11.3 Å². The molecule has 0 saturated heterocycles. The first-order valence-electron chi connectivity index (χ1n) is 6.52. The Labute approximate surface area is 139 Å². The fraction of sp³-hybridized carbons (Fsp3) is 0.0667. The Morgan fingerprint density at radius 2 is 1.96 bits per heavy atom. The molecular weight excluding hydrogens is 334 g/mol. The molecule has 0 fully saturated rings. The van der Waals surface area contributed by atoms with Crippen molar-refractivity contribution >= 4 is 33.4 Å². The fourth-order valence-corrected chi connectivity index (χ4v) is 3.40. The van der Waals surface area contributed by atoms with Crippen molar-refractivity contribution in [3.05, 3.63) is 54.1 Å². The number of nitrogens with two attached hydrogens (primary N) is 1. The molecule has 0 unspecified atom stereocenters. The summed E-state index contributed by atoms with van der Waals surface area (Å²) in [5.74, 6) is 0.430. The monoisotopic (exact) mass is 349 g/mol. The van der Waals surface area contributed by atoms with Gasteiger partial charge in [0.2, 0.25) is 9.84 Å². The van der Waals surface area contributed by atoms with Crippen LogP contribution in [0.15, 0.2) is 63.4 Å². The number of rotatable bonds is 5. The highest BCUT2D eigenvalue weighted by atomic mass is 32.2. The molecule has 0 spiro atoms. The lowest BCUT2D eigenvalue weighted by molar-refractivity contribution is 0.413. The number of hydrogen-bond donors (Lipinski definition) is 2. The Balaban J connectivity index is 2.54. The first-order valence-corrected chi connectivity index (χ1v) is 8.41. The van der Waals surface area contributed by atoms with Crippen LogP contribution >= 0.6 is 12.2 Å². The van der Waals surface area contributed by atoms with Crippen molar-refractivity contribution < 1.29 is 13.2 Å². The van der Waals surface area contributed by atoms with Crippen LogP contribution in [0.3, 0.4) is 0 Å². The summed E-state index contributed by atoms with van der Waals surface area (Å²) in [6.45, 7) is 0. The Bertz CT molecular complexity index is 834. The minimum absolute atomic E-state index is 0.0118. The van der Waals surface area contributed by atoms with Crippen LogP contribution in [-0.2, 0) is 9.84 Å². The van der Waals surface area contributed by atoms with Gasteiger partial charge in [-0.2, -0.15) is 5.10 Å². The summed E-state index contributed by atoms with van der Waals surface area (Å²) in [5, 5.41) is 3.81. The molecule has 2 rings (SSSR count). The zero-order valence-corrected chi connectivity index (χ0v) is 13.9. The van der Waals surface area contributed by atoms with Crippen LogP contribution in [0.25, 0.3) is 0 Å². The van der Waals surface area contributed by atoms with Crippen LogP contribution in [0.2, 0.25) is 0 Å². The fourth-order valence-electron chi connectivity index (χ4n) is 1.87. The number of hydrogen-bond acceptors (Lipinski definition) is 5. The van der Waals surface area contributed by atoms with E-state index >= 15 is 0 Å². The van der Waals surface area contributed by atoms with E-state index in [1.165, 1.54) is 31.5 Å². The van der Waals surface area contributed by atoms with Crippen LogP contribution in [-0.4, -0.2) is 26.9 Å². The van der Waals surface area contributed by atoms with Gasteiger partial charge in [0.05, 0.1) is 23.1 Å². The van der Waals surface area contributed by atoms with Gasteiger partial charge in [0, 0.05) is 5.56 Å². The van der Waals surface area contributed by atoms with Crippen LogP contribution in [0, 0.1) is 0 Å². The number of ether oxygens (including phenoxy) is 1. The summed E-state index contributed by atoms with van der Waals surface area (Å²) < 4.78 is 30.8. The maximum absolute atomic E-state index is 12.8. The minimum atomic E-state index is -3.72. The maximum atomic E-state index is 12.8. The molecule has 0 bridgehead atoms. The second-order valence-corrected chi connectivity index (χ2v) is 6.81. The lowest BCUT2D eigenvalue weighted by Gasteiger charge is -2.10. The van der Waals surface area contributed by atoms with Gasteiger partial charge in [-0.25, -0.2) is 8.42 Å². The first kappa shape index (κ1) is 16.9. The molecule has 0 saturated carbocycles. The van der Waals surface area contributed by atoms with Crippen LogP contribution < -0.4 is 15.9 Å². The van der Waals surface area contributed by atoms with Crippen molar-refractivity contribution in [2.75, 3.05) is 7.11 Å². The van der Waals surface area contributed by atoms with Crippen molar-refractivity contribution in [3.63, 3.8) is 0 Å². The number of thiocarbonyl (C=S) groups is 1. The summed E-state index contributed by atoms with van der Waals surface area (Å²) in [6.07, 6.45) is 1.34. The molecule has 0 atom stereocenters. The molecule has 0 amide bonds. The third-order valence-electron chi connectivity index (χ3n) is 2.94. The van der Waals surface area contributed by atoms with E-state index < -0.39 is 9.84 Å². The van der Waals surface area contributed by atoms with Gasteiger partial charge in [0.15, 0.2) is 5.11 Å². The quantitative estimate of drug-likeness (QED) is 0.485. The zero-order valence-electron chi connectivity index (χ0n) is 12.3. The number of methoxy groups -OCH3 is 1. The van der Waals surface area contributed by atoms with Crippen molar-refractivity contribution in [2.24, 2.45) is 10.8 Å². The Morgan fingerprint density at radius 1 is 1.26 bits per heavy atom. The van der Waals surface area contributed by atoms with Crippen molar-refractivity contribution in [3.8, 4) is 5.75 Å². The van der Waals surface area contributed by atoms with Crippen molar-refractivity contribution in [2.45, 2.75) is 9.79 Å². The van der Waals surface area contributed by atoms with Gasteiger partial charge >= 0.3 is 0 Å². The molecule has 120 valence electrons. The molecule has 2 aromatic rings. The molecule has 23 heavy (non-hydrogen) atoms. The van der Waals surface area contributed by atoms with Crippen LogP contribution in [0.1, 0.15) is 5.56 Å². The van der Waals surface area contributed by atoms with Crippen LogP contribution in [0.4, 0.5) is 0 Å². The molecule has 0 aliphatic rings. The molecule has 0 aliphatic heterocycles. The van der Waals surface area contributed by atoms with E-state index in [2.05, 4.69) is 22.7 Å². The van der Waals surface area contributed by atoms with Gasteiger partial charge in [0.25, 0.3) is 0 Å². The van der Waals surface area contributed by atoms with Gasteiger partial charge in [-0.1, -0.05) is 18.2 Å². The number of sulfone groups is 1. The maximum Gasteiger partial charge on any atom is 0.207 e. The van der Waals surface area contributed by atoms with Crippen LogP contribution in [0.5, 0.6) is 5.75 Å². The zero-order chi connectivity index (χ0) is 16.9. The summed E-state index contributed by atoms with van der Waals surface area (Å²) in [5.41, 5.74) is 8.07. The predicted octanol–water partition coefficient (Wildman–Crippen LogP) is 1.70. The van der Waals surface area contributed by atoms with E-state index in [0.717, 1.165) is 0 Å². The topological polar surface area (TPSA) is 93.8 Å². The molecule has 0 aromatic heterocycles. The summed E-state index contributed by atoms with van der Waals surface area (Å²) in [4.78, 5) is 0.266. The molecule has 6 nitrogen and oxygen atoms in total. The molecular formula is C15H15N3O3S2. The van der Waals surface area contributed by atoms with E-state index in [-0.39, 0.29) is 14.9 Å². The molecule has 0 aliphatic carbocycles. The standard InChI is InChI=1S/C15H15N3O3S2/c1-21-12-8-7-11(10-17-18-15(16)22)14(9-12)23(19,20)13-5-3-2-4-6-13/h2-10H,1H3,(H3,16,18,22). The average molecular weight is 349 g/mol. The van der Waals surface area contributed by atoms with E-state index in [9.17, 15) is 8.42 Å². The molecule has 0 heterocycles. The molecule has 3 N–H and O–H groups in total. The largest absolute Gasteiger partial charge is 0.497 e. The third kappa shape index (κ3) is 4.05. The average Bonchev–Trinajstić information content (AvgIpc) is 2.55. The molecule has 8 heteroatoms.